The Bertz CT molecular complexity index is 564. The summed E-state index contributed by atoms with van der Waals surface area (Å²) in [5, 5.41) is 6.38. The largest absolute Gasteiger partial charge is 0.378 e. The van der Waals surface area contributed by atoms with E-state index in [9.17, 15) is 4.79 Å². The number of anilines is 2. The first-order chi connectivity index (χ1) is 10.2. The number of carbonyl (C=O) groups is 1. The Morgan fingerprint density at radius 1 is 0.952 bits per heavy atom. The number of rotatable bonds is 6. The van der Waals surface area contributed by atoms with Gasteiger partial charge in [0.15, 0.2) is 0 Å². The second kappa shape index (κ2) is 7.48. The molecule has 0 heterocycles. The van der Waals surface area contributed by atoms with Crippen LogP contribution in [0.3, 0.4) is 0 Å². The molecule has 2 aromatic rings. The molecule has 0 aromatic heterocycles. The molecule has 0 aliphatic carbocycles. The Morgan fingerprint density at radius 2 is 1.57 bits per heavy atom. The minimum atomic E-state index is 0.0337. The van der Waals surface area contributed by atoms with E-state index in [2.05, 4.69) is 41.8 Å². The molecule has 3 nitrogen and oxygen atoms in total. The third kappa shape index (κ3) is 4.35. The molecule has 21 heavy (non-hydrogen) atoms. The zero-order valence-corrected chi connectivity index (χ0v) is 12.6. The SMILES string of the molecule is CCC(=O)Nc1ccc(NC(CC)c2ccccc2)cc1. The third-order valence-corrected chi connectivity index (χ3v) is 3.44. The first kappa shape index (κ1) is 15.1. The Kier molecular flexibility index (Phi) is 5.38. The summed E-state index contributed by atoms with van der Waals surface area (Å²) < 4.78 is 0. The summed E-state index contributed by atoms with van der Waals surface area (Å²) in [6.45, 7) is 4.01. The number of hydrogen-bond acceptors (Lipinski definition) is 2. The van der Waals surface area contributed by atoms with Crippen LogP contribution < -0.4 is 10.6 Å². The zero-order chi connectivity index (χ0) is 15.1. The minimum absolute atomic E-state index is 0.0337. The van der Waals surface area contributed by atoms with E-state index in [0.717, 1.165) is 17.8 Å². The van der Waals surface area contributed by atoms with Crippen molar-refractivity contribution in [2.45, 2.75) is 32.7 Å². The van der Waals surface area contributed by atoms with Crippen LogP contribution in [0, 0.1) is 0 Å². The van der Waals surface area contributed by atoms with E-state index in [-0.39, 0.29) is 5.91 Å². The molecular weight excluding hydrogens is 260 g/mol. The Labute approximate surface area is 126 Å². The van der Waals surface area contributed by atoms with Gasteiger partial charge in [-0.05, 0) is 36.2 Å². The topological polar surface area (TPSA) is 41.1 Å². The lowest BCUT2D eigenvalue weighted by molar-refractivity contribution is -0.115. The molecule has 2 N–H and O–H groups in total. The molecule has 0 aliphatic rings. The Morgan fingerprint density at radius 3 is 2.14 bits per heavy atom. The van der Waals surface area contributed by atoms with E-state index in [1.54, 1.807) is 0 Å². The molecule has 0 aliphatic heterocycles. The Hall–Kier alpha value is -2.29. The minimum Gasteiger partial charge on any atom is -0.378 e. The second-order valence-corrected chi connectivity index (χ2v) is 4.99. The van der Waals surface area contributed by atoms with Crippen molar-refractivity contribution in [1.29, 1.82) is 0 Å². The molecule has 1 amide bonds. The van der Waals surface area contributed by atoms with Gasteiger partial charge in [0.1, 0.15) is 0 Å². The average molecular weight is 282 g/mol. The van der Waals surface area contributed by atoms with E-state index in [1.807, 2.05) is 37.3 Å². The van der Waals surface area contributed by atoms with Gasteiger partial charge < -0.3 is 10.6 Å². The van der Waals surface area contributed by atoms with Crippen LogP contribution in [-0.4, -0.2) is 5.91 Å². The number of amides is 1. The quantitative estimate of drug-likeness (QED) is 0.813. The lowest BCUT2D eigenvalue weighted by atomic mass is 10.0. The average Bonchev–Trinajstić information content (AvgIpc) is 2.54. The molecule has 0 spiro atoms. The van der Waals surface area contributed by atoms with Crippen molar-refractivity contribution in [2.24, 2.45) is 0 Å². The lowest BCUT2D eigenvalue weighted by Crippen LogP contribution is -2.11. The van der Waals surface area contributed by atoms with Gasteiger partial charge in [-0.2, -0.15) is 0 Å². The van der Waals surface area contributed by atoms with Crippen LogP contribution in [0.1, 0.15) is 38.3 Å². The first-order valence-corrected chi connectivity index (χ1v) is 7.44. The highest BCUT2D eigenvalue weighted by Gasteiger charge is 2.08. The van der Waals surface area contributed by atoms with E-state index < -0.39 is 0 Å². The maximum absolute atomic E-state index is 11.3. The molecular formula is C18H22N2O. The van der Waals surface area contributed by atoms with Crippen LogP contribution in [0.2, 0.25) is 0 Å². The zero-order valence-electron chi connectivity index (χ0n) is 12.6. The molecule has 2 rings (SSSR count). The van der Waals surface area contributed by atoms with Gasteiger partial charge in [0.05, 0.1) is 6.04 Å². The fourth-order valence-electron chi connectivity index (χ4n) is 2.21. The van der Waals surface area contributed by atoms with E-state index in [0.29, 0.717) is 12.5 Å². The number of carbonyl (C=O) groups excluding carboxylic acids is 1. The van der Waals surface area contributed by atoms with Gasteiger partial charge in [-0.1, -0.05) is 44.2 Å². The predicted molar refractivity (Wildman–Crippen MR) is 88.5 cm³/mol. The summed E-state index contributed by atoms with van der Waals surface area (Å²) in [4.78, 5) is 11.3. The Balaban J connectivity index is 2.03. The number of nitrogens with one attached hydrogen (secondary N) is 2. The monoisotopic (exact) mass is 282 g/mol. The normalized spacial score (nSPS) is 11.7. The van der Waals surface area contributed by atoms with Crippen molar-refractivity contribution in [3.05, 3.63) is 60.2 Å². The summed E-state index contributed by atoms with van der Waals surface area (Å²) in [7, 11) is 0. The molecule has 2 aromatic carbocycles. The van der Waals surface area contributed by atoms with Gasteiger partial charge in [-0.15, -0.1) is 0 Å². The van der Waals surface area contributed by atoms with Crippen LogP contribution in [0.4, 0.5) is 11.4 Å². The molecule has 0 bridgehead atoms. The smallest absolute Gasteiger partial charge is 0.224 e. The maximum Gasteiger partial charge on any atom is 0.224 e. The van der Waals surface area contributed by atoms with Crippen LogP contribution in [0.5, 0.6) is 0 Å². The van der Waals surface area contributed by atoms with E-state index in [4.69, 9.17) is 0 Å². The highest BCUT2D eigenvalue weighted by molar-refractivity contribution is 5.90. The van der Waals surface area contributed by atoms with Crippen LogP contribution in [0.25, 0.3) is 0 Å². The number of hydrogen-bond donors (Lipinski definition) is 2. The highest BCUT2D eigenvalue weighted by Crippen LogP contribution is 2.23. The molecule has 0 fully saturated rings. The van der Waals surface area contributed by atoms with Gasteiger partial charge in [0.2, 0.25) is 5.91 Å². The molecule has 1 unspecified atom stereocenters. The first-order valence-electron chi connectivity index (χ1n) is 7.44. The van der Waals surface area contributed by atoms with E-state index in [1.165, 1.54) is 5.56 Å². The highest BCUT2D eigenvalue weighted by atomic mass is 16.1. The third-order valence-electron chi connectivity index (χ3n) is 3.44. The summed E-state index contributed by atoms with van der Waals surface area (Å²) in [6, 6.07) is 18.6. The summed E-state index contributed by atoms with van der Waals surface area (Å²) in [5.74, 6) is 0.0337. The summed E-state index contributed by atoms with van der Waals surface area (Å²) in [5.41, 5.74) is 3.17. The van der Waals surface area contributed by atoms with Crippen LogP contribution >= 0.6 is 0 Å². The van der Waals surface area contributed by atoms with Gasteiger partial charge >= 0.3 is 0 Å². The molecule has 0 saturated carbocycles. The van der Waals surface area contributed by atoms with Gasteiger partial charge in [-0.25, -0.2) is 0 Å². The van der Waals surface area contributed by atoms with Crippen molar-refractivity contribution in [2.75, 3.05) is 10.6 Å². The van der Waals surface area contributed by atoms with E-state index >= 15 is 0 Å². The summed E-state index contributed by atoms with van der Waals surface area (Å²) >= 11 is 0. The van der Waals surface area contributed by atoms with Crippen LogP contribution in [0.15, 0.2) is 54.6 Å². The summed E-state index contributed by atoms with van der Waals surface area (Å²) in [6.07, 6.45) is 1.50. The van der Waals surface area contributed by atoms with Crippen molar-refractivity contribution in [3.63, 3.8) is 0 Å². The van der Waals surface area contributed by atoms with Gasteiger partial charge in [0.25, 0.3) is 0 Å². The van der Waals surface area contributed by atoms with Crippen molar-refractivity contribution in [1.82, 2.24) is 0 Å². The molecule has 0 saturated heterocycles. The van der Waals surface area contributed by atoms with Crippen molar-refractivity contribution in [3.8, 4) is 0 Å². The van der Waals surface area contributed by atoms with Crippen LogP contribution in [-0.2, 0) is 4.79 Å². The second-order valence-electron chi connectivity index (χ2n) is 4.99. The molecule has 0 radical (unpaired) electrons. The predicted octanol–water partition coefficient (Wildman–Crippen LogP) is 4.60. The molecule has 1 atom stereocenters. The fourth-order valence-corrected chi connectivity index (χ4v) is 2.21. The lowest BCUT2D eigenvalue weighted by Gasteiger charge is -2.19. The maximum atomic E-state index is 11.3. The standard InChI is InChI=1S/C18H22N2O/c1-3-17(14-8-6-5-7-9-14)19-15-10-12-16(13-11-15)20-18(21)4-2/h5-13,17,19H,3-4H2,1-2H3,(H,20,21). The van der Waals surface area contributed by atoms with Gasteiger partial charge in [0, 0.05) is 17.8 Å². The van der Waals surface area contributed by atoms with Crippen molar-refractivity contribution >= 4 is 17.3 Å². The fraction of sp³-hybridized carbons (Fsp3) is 0.278. The molecule has 3 heteroatoms. The molecule has 110 valence electrons. The number of benzene rings is 2. The van der Waals surface area contributed by atoms with Crippen molar-refractivity contribution < 1.29 is 4.79 Å². The van der Waals surface area contributed by atoms with Gasteiger partial charge in [-0.3, -0.25) is 4.79 Å².